The maximum atomic E-state index is 12.4. The number of nitrogens with zero attached hydrogens (tertiary/aromatic N) is 1. The molecule has 0 aliphatic heterocycles. The zero-order chi connectivity index (χ0) is 19.0. The molecule has 0 aliphatic carbocycles. The van der Waals surface area contributed by atoms with Crippen molar-refractivity contribution in [1.29, 1.82) is 0 Å². The molecule has 4 aromatic rings. The average molecular weight is 443 g/mol. The summed E-state index contributed by atoms with van der Waals surface area (Å²) < 4.78 is 30.9. The summed E-state index contributed by atoms with van der Waals surface area (Å²) >= 11 is 3.43. The third-order valence-electron chi connectivity index (χ3n) is 4.18. The SMILES string of the molecule is Cc1ccc(S(=O)(=O)Oc2ccc(-c3c[nH]c4ncc(Br)cc34)cc2)cc1. The Balaban J connectivity index is 1.62. The molecule has 0 radical (unpaired) electrons. The van der Waals surface area contributed by atoms with E-state index in [4.69, 9.17) is 4.18 Å². The predicted molar refractivity (Wildman–Crippen MR) is 108 cm³/mol. The van der Waals surface area contributed by atoms with Crippen molar-refractivity contribution in [2.24, 2.45) is 0 Å². The van der Waals surface area contributed by atoms with Gasteiger partial charge in [-0.05, 0) is 58.7 Å². The van der Waals surface area contributed by atoms with E-state index in [1.807, 2.05) is 31.3 Å². The first-order valence-electron chi connectivity index (χ1n) is 8.17. The minimum atomic E-state index is -3.86. The van der Waals surface area contributed by atoms with Crippen LogP contribution in [0.25, 0.3) is 22.2 Å². The molecular weight excluding hydrogens is 428 g/mol. The molecule has 0 saturated carbocycles. The van der Waals surface area contributed by atoms with Gasteiger partial charge in [-0.3, -0.25) is 0 Å². The number of aromatic nitrogens is 2. The Morgan fingerprint density at radius 1 is 1.04 bits per heavy atom. The number of halogens is 1. The van der Waals surface area contributed by atoms with Crippen molar-refractivity contribution < 1.29 is 12.6 Å². The maximum Gasteiger partial charge on any atom is 0.339 e. The number of rotatable bonds is 4. The summed E-state index contributed by atoms with van der Waals surface area (Å²) in [6.45, 7) is 1.90. The Labute approximate surface area is 165 Å². The Morgan fingerprint density at radius 2 is 1.74 bits per heavy atom. The summed E-state index contributed by atoms with van der Waals surface area (Å²) in [6, 6.07) is 15.5. The Bertz CT molecular complexity index is 1210. The van der Waals surface area contributed by atoms with Crippen molar-refractivity contribution in [1.82, 2.24) is 9.97 Å². The van der Waals surface area contributed by atoms with E-state index < -0.39 is 10.1 Å². The number of aryl methyl sites for hydroxylation is 1. The minimum Gasteiger partial charge on any atom is -0.379 e. The third kappa shape index (κ3) is 3.61. The molecule has 0 aliphatic rings. The van der Waals surface area contributed by atoms with Crippen LogP contribution in [0.15, 0.2) is 76.4 Å². The van der Waals surface area contributed by atoms with Gasteiger partial charge in [0.05, 0.1) is 0 Å². The monoisotopic (exact) mass is 442 g/mol. The van der Waals surface area contributed by atoms with Crippen molar-refractivity contribution >= 4 is 37.1 Å². The molecule has 5 nitrogen and oxygen atoms in total. The fourth-order valence-corrected chi connectivity index (χ4v) is 4.05. The third-order valence-corrected chi connectivity index (χ3v) is 5.87. The summed E-state index contributed by atoms with van der Waals surface area (Å²) in [7, 11) is -3.86. The summed E-state index contributed by atoms with van der Waals surface area (Å²) in [6.07, 6.45) is 3.61. The Kier molecular flexibility index (Phi) is 4.49. The Hall–Kier alpha value is -2.64. The first-order valence-corrected chi connectivity index (χ1v) is 10.4. The van der Waals surface area contributed by atoms with E-state index >= 15 is 0 Å². The molecule has 0 saturated heterocycles. The molecule has 4 rings (SSSR count). The molecule has 0 spiro atoms. The lowest BCUT2D eigenvalue weighted by atomic mass is 10.1. The van der Waals surface area contributed by atoms with Gasteiger partial charge in [-0.25, -0.2) is 4.98 Å². The second kappa shape index (κ2) is 6.83. The van der Waals surface area contributed by atoms with Gasteiger partial charge in [0, 0.05) is 27.8 Å². The van der Waals surface area contributed by atoms with Gasteiger partial charge in [-0.2, -0.15) is 8.42 Å². The first kappa shape index (κ1) is 17.8. The lowest BCUT2D eigenvalue weighted by molar-refractivity contribution is 0.486. The van der Waals surface area contributed by atoms with Gasteiger partial charge in [-0.1, -0.05) is 29.8 Å². The van der Waals surface area contributed by atoms with Crippen LogP contribution in [0.5, 0.6) is 5.75 Å². The normalized spacial score (nSPS) is 11.6. The number of pyridine rings is 1. The van der Waals surface area contributed by atoms with Gasteiger partial charge in [0.2, 0.25) is 0 Å². The van der Waals surface area contributed by atoms with E-state index in [9.17, 15) is 8.42 Å². The van der Waals surface area contributed by atoms with Crippen molar-refractivity contribution in [2.75, 3.05) is 0 Å². The highest BCUT2D eigenvalue weighted by molar-refractivity contribution is 9.10. The van der Waals surface area contributed by atoms with Gasteiger partial charge in [0.1, 0.15) is 16.3 Å². The largest absolute Gasteiger partial charge is 0.379 e. The Morgan fingerprint density at radius 3 is 2.44 bits per heavy atom. The van der Waals surface area contributed by atoms with Crippen LogP contribution in [-0.4, -0.2) is 18.4 Å². The quantitative estimate of drug-likeness (QED) is 0.447. The van der Waals surface area contributed by atoms with Crippen LogP contribution in [-0.2, 0) is 10.1 Å². The van der Waals surface area contributed by atoms with Crippen molar-refractivity contribution in [2.45, 2.75) is 11.8 Å². The smallest absolute Gasteiger partial charge is 0.339 e. The molecule has 0 fully saturated rings. The van der Waals surface area contributed by atoms with Crippen LogP contribution in [0, 0.1) is 6.92 Å². The standard InChI is InChI=1S/C20H15BrN2O3S/c1-13-2-8-17(9-3-13)27(24,25)26-16-6-4-14(5-7-16)19-12-23-20-18(19)10-15(21)11-22-20/h2-12H,1H3,(H,22,23). The number of H-pyrrole nitrogens is 1. The molecule has 0 amide bonds. The zero-order valence-corrected chi connectivity index (χ0v) is 16.7. The molecule has 136 valence electrons. The van der Waals surface area contributed by atoms with E-state index in [1.54, 1.807) is 30.5 Å². The second-order valence-corrected chi connectivity index (χ2v) is 8.59. The van der Waals surface area contributed by atoms with Crippen molar-refractivity contribution in [3.05, 3.63) is 77.0 Å². The molecule has 0 bridgehead atoms. The first-order chi connectivity index (χ1) is 12.9. The minimum absolute atomic E-state index is 0.129. The van der Waals surface area contributed by atoms with Crippen LogP contribution >= 0.6 is 15.9 Å². The number of hydrogen-bond acceptors (Lipinski definition) is 4. The molecule has 2 heterocycles. The summed E-state index contributed by atoms with van der Waals surface area (Å²) in [4.78, 5) is 7.59. The van der Waals surface area contributed by atoms with Crippen LogP contribution in [0.4, 0.5) is 0 Å². The van der Waals surface area contributed by atoms with Crippen molar-refractivity contribution in [3.8, 4) is 16.9 Å². The predicted octanol–water partition coefficient (Wildman–Crippen LogP) is 5.07. The van der Waals surface area contributed by atoms with Crippen LogP contribution in [0.1, 0.15) is 5.56 Å². The molecular formula is C20H15BrN2O3S. The van der Waals surface area contributed by atoms with E-state index in [-0.39, 0.29) is 10.6 Å². The molecule has 1 N–H and O–H groups in total. The number of benzene rings is 2. The van der Waals surface area contributed by atoms with E-state index in [0.29, 0.717) is 0 Å². The molecule has 0 unspecified atom stereocenters. The van der Waals surface area contributed by atoms with Gasteiger partial charge in [0.25, 0.3) is 0 Å². The maximum absolute atomic E-state index is 12.4. The number of nitrogens with one attached hydrogen (secondary N) is 1. The second-order valence-electron chi connectivity index (χ2n) is 6.13. The zero-order valence-electron chi connectivity index (χ0n) is 14.3. The number of aromatic amines is 1. The lowest BCUT2D eigenvalue weighted by Crippen LogP contribution is -2.09. The highest BCUT2D eigenvalue weighted by Crippen LogP contribution is 2.31. The summed E-state index contributed by atoms with van der Waals surface area (Å²) in [5.41, 5.74) is 3.68. The van der Waals surface area contributed by atoms with Crippen LogP contribution < -0.4 is 4.18 Å². The van der Waals surface area contributed by atoms with E-state index in [0.717, 1.165) is 32.2 Å². The number of hydrogen-bond donors (Lipinski definition) is 1. The summed E-state index contributed by atoms with van der Waals surface area (Å²) in [5, 5.41) is 0.977. The van der Waals surface area contributed by atoms with Crippen LogP contribution in [0.2, 0.25) is 0 Å². The van der Waals surface area contributed by atoms with Gasteiger partial charge < -0.3 is 9.17 Å². The topological polar surface area (TPSA) is 72.1 Å². The fraction of sp³-hybridized carbons (Fsp3) is 0.0500. The average Bonchev–Trinajstić information content (AvgIpc) is 3.05. The fourth-order valence-electron chi connectivity index (χ4n) is 2.79. The number of fused-ring (bicyclic) bond motifs is 1. The molecule has 27 heavy (non-hydrogen) atoms. The van der Waals surface area contributed by atoms with E-state index in [2.05, 4.69) is 25.9 Å². The molecule has 2 aromatic carbocycles. The van der Waals surface area contributed by atoms with Crippen LogP contribution in [0.3, 0.4) is 0 Å². The highest BCUT2D eigenvalue weighted by Gasteiger charge is 2.16. The van der Waals surface area contributed by atoms with Gasteiger partial charge in [-0.15, -0.1) is 0 Å². The molecule has 0 atom stereocenters. The van der Waals surface area contributed by atoms with Gasteiger partial charge >= 0.3 is 10.1 Å². The molecule has 2 aromatic heterocycles. The lowest BCUT2D eigenvalue weighted by Gasteiger charge is -2.08. The summed E-state index contributed by atoms with van der Waals surface area (Å²) in [5.74, 6) is 0.262. The van der Waals surface area contributed by atoms with Gasteiger partial charge in [0.15, 0.2) is 0 Å². The highest BCUT2D eigenvalue weighted by atomic mass is 79.9. The van der Waals surface area contributed by atoms with Crippen molar-refractivity contribution in [3.63, 3.8) is 0 Å². The molecule has 7 heteroatoms. The van der Waals surface area contributed by atoms with E-state index in [1.165, 1.54) is 12.1 Å².